The van der Waals surface area contributed by atoms with Gasteiger partial charge in [0.15, 0.2) is 0 Å². The van der Waals surface area contributed by atoms with Crippen LogP contribution >= 0.6 is 9.24 Å². The molecular weight excluding hydrogens is 271 g/mol. The fourth-order valence-electron chi connectivity index (χ4n) is 1.64. The van der Waals surface area contributed by atoms with Crippen molar-refractivity contribution in [3.63, 3.8) is 0 Å². The quantitative estimate of drug-likeness (QED) is 0.395. The summed E-state index contributed by atoms with van der Waals surface area (Å²) < 4.78 is 0. The molecule has 0 amide bonds. The minimum absolute atomic E-state index is 0.882. The van der Waals surface area contributed by atoms with E-state index in [9.17, 15) is 0 Å². The topological polar surface area (TPSA) is 0 Å². The lowest BCUT2D eigenvalue weighted by Crippen LogP contribution is -1.99. The van der Waals surface area contributed by atoms with Gasteiger partial charge in [0.05, 0.1) is 0 Å². The summed E-state index contributed by atoms with van der Waals surface area (Å²) in [5, 5.41) is 0. The zero-order valence-corrected chi connectivity index (χ0v) is 18.4. The average molecular weight is 321 g/mol. The molecule has 0 saturated heterocycles. The third-order valence-corrected chi connectivity index (χ3v) is 3.58. The highest BCUT2D eigenvalue weighted by molar-refractivity contribution is 7.16. The zero-order chi connectivity index (χ0) is 17.7. The Kier molecular flexibility index (Phi) is 40.1. The van der Waals surface area contributed by atoms with Crippen molar-refractivity contribution >= 4 is 9.24 Å². The van der Waals surface area contributed by atoms with Gasteiger partial charge < -0.3 is 0 Å². The molecule has 2 atom stereocenters. The molecule has 0 N–H and O–H groups in total. The minimum atomic E-state index is 0.882. The molecule has 0 aliphatic heterocycles. The second-order valence-electron chi connectivity index (χ2n) is 6.19. The van der Waals surface area contributed by atoms with Crippen LogP contribution in [0.4, 0.5) is 0 Å². The fraction of sp³-hybridized carbons (Fsp3) is 1.00. The predicted octanol–water partition coefficient (Wildman–Crippen LogP) is 8.21. The summed E-state index contributed by atoms with van der Waals surface area (Å²) >= 11 is 0. The Balaban J connectivity index is -0.000000151. The van der Waals surface area contributed by atoms with Gasteiger partial charge in [-0.3, -0.25) is 0 Å². The molecule has 0 nitrogen and oxygen atoms in total. The number of hydrogen-bond acceptors (Lipinski definition) is 0. The van der Waals surface area contributed by atoms with Crippen LogP contribution in [0, 0.1) is 17.8 Å². The molecule has 0 aromatic carbocycles. The van der Waals surface area contributed by atoms with Gasteiger partial charge in [0.25, 0.3) is 0 Å². The zero-order valence-electron chi connectivity index (χ0n) is 17.3. The van der Waals surface area contributed by atoms with E-state index < -0.39 is 0 Å². The molecular formula is C20H49P. The summed E-state index contributed by atoms with van der Waals surface area (Å²) in [5.41, 5.74) is 0. The van der Waals surface area contributed by atoms with Crippen molar-refractivity contribution in [2.45, 2.75) is 108 Å². The third-order valence-electron chi connectivity index (χ3n) is 3.00. The number of hydrogen-bond donors (Lipinski definition) is 0. The Hall–Kier alpha value is 0.430. The average Bonchev–Trinajstić information content (AvgIpc) is 2.49. The van der Waals surface area contributed by atoms with Crippen LogP contribution < -0.4 is 0 Å². The highest BCUT2D eigenvalue weighted by Gasteiger charge is 2.04. The summed E-state index contributed by atoms with van der Waals surface area (Å²) in [6, 6.07) is 0. The molecule has 1 heteroatoms. The van der Waals surface area contributed by atoms with E-state index in [0.717, 1.165) is 17.8 Å². The van der Waals surface area contributed by atoms with E-state index in [2.05, 4.69) is 50.8 Å². The number of rotatable bonds is 8. The molecule has 0 spiro atoms. The Morgan fingerprint density at radius 1 is 0.667 bits per heavy atom. The van der Waals surface area contributed by atoms with Gasteiger partial charge in [-0.25, -0.2) is 0 Å². The largest absolute Gasteiger partial charge is 0.138 e. The first kappa shape index (κ1) is 29.4. The molecule has 0 radical (unpaired) electrons. The van der Waals surface area contributed by atoms with Crippen LogP contribution in [0.25, 0.3) is 0 Å². The van der Waals surface area contributed by atoms with Gasteiger partial charge in [-0.1, -0.05) is 108 Å². The first-order valence-electron chi connectivity index (χ1n) is 9.64. The molecule has 0 aliphatic carbocycles. The molecule has 21 heavy (non-hydrogen) atoms. The molecule has 0 aromatic heterocycles. The summed E-state index contributed by atoms with van der Waals surface area (Å²) in [4.78, 5) is 0. The van der Waals surface area contributed by atoms with Gasteiger partial charge in [0.1, 0.15) is 0 Å². The van der Waals surface area contributed by atoms with Crippen LogP contribution in [0.2, 0.25) is 0 Å². The van der Waals surface area contributed by atoms with Crippen LogP contribution in [-0.4, -0.2) is 6.16 Å². The highest BCUT2D eigenvalue weighted by Crippen LogP contribution is 2.18. The molecule has 0 aromatic rings. The van der Waals surface area contributed by atoms with Gasteiger partial charge >= 0.3 is 0 Å². The van der Waals surface area contributed by atoms with E-state index in [4.69, 9.17) is 0 Å². The minimum Gasteiger partial charge on any atom is -0.138 e. The van der Waals surface area contributed by atoms with Crippen LogP contribution in [0.5, 0.6) is 0 Å². The van der Waals surface area contributed by atoms with E-state index in [1.54, 1.807) is 0 Å². The summed E-state index contributed by atoms with van der Waals surface area (Å²) in [7, 11) is 2.66. The van der Waals surface area contributed by atoms with Crippen molar-refractivity contribution < 1.29 is 0 Å². The normalized spacial score (nSPS) is 10.7. The standard InChI is InChI=1S/C13H28.C3H9P.2C2H6/c1-11(2)7-6-8-13(5)10-9-12(3)4;1-2-3-4;2*1-2/h11-13H,6-10H2,1-5H3;2-4H2,1H3;2*1-2H3. The van der Waals surface area contributed by atoms with Crippen LogP contribution in [0.3, 0.4) is 0 Å². The van der Waals surface area contributed by atoms with Crippen molar-refractivity contribution in [1.82, 2.24) is 0 Å². The van der Waals surface area contributed by atoms with E-state index >= 15 is 0 Å². The predicted molar refractivity (Wildman–Crippen MR) is 109 cm³/mol. The monoisotopic (exact) mass is 320 g/mol. The SMILES string of the molecule is CC.CC.CC(C)CCCC(C)CCC(C)C.CCCP. The Morgan fingerprint density at radius 3 is 1.33 bits per heavy atom. The lowest BCUT2D eigenvalue weighted by atomic mass is 9.93. The van der Waals surface area contributed by atoms with Gasteiger partial charge in [0, 0.05) is 0 Å². The lowest BCUT2D eigenvalue weighted by molar-refractivity contribution is 0.400. The van der Waals surface area contributed by atoms with E-state index in [1.165, 1.54) is 44.7 Å². The molecule has 0 aliphatic rings. The fourth-order valence-corrected chi connectivity index (χ4v) is 1.64. The van der Waals surface area contributed by atoms with Crippen molar-refractivity contribution in [2.75, 3.05) is 6.16 Å². The molecule has 0 saturated carbocycles. The van der Waals surface area contributed by atoms with Crippen LogP contribution in [0.15, 0.2) is 0 Å². The molecule has 0 rings (SSSR count). The molecule has 134 valence electrons. The van der Waals surface area contributed by atoms with Crippen molar-refractivity contribution in [2.24, 2.45) is 17.8 Å². The van der Waals surface area contributed by atoms with Gasteiger partial charge in [0.2, 0.25) is 0 Å². The Bertz CT molecular complexity index is 128. The Morgan fingerprint density at radius 2 is 1.05 bits per heavy atom. The first-order chi connectivity index (χ1) is 9.93. The molecule has 0 bridgehead atoms. The summed E-state index contributed by atoms with van der Waals surface area (Å²) in [6.07, 6.45) is 9.62. The molecule has 0 heterocycles. The van der Waals surface area contributed by atoms with E-state index in [-0.39, 0.29) is 0 Å². The maximum Gasteiger partial charge on any atom is -0.0384 e. The lowest BCUT2D eigenvalue weighted by Gasteiger charge is -2.13. The Labute approximate surface area is 141 Å². The van der Waals surface area contributed by atoms with E-state index in [0.29, 0.717) is 0 Å². The van der Waals surface area contributed by atoms with E-state index in [1.807, 2.05) is 27.7 Å². The summed E-state index contributed by atoms with van der Waals surface area (Å²) in [5.74, 6) is 2.71. The second kappa shape index (κ2) is 28.6. The van der Waals surface area contributed by atoms with Gasteiger partial charge in [-0.05, 0) is 23.9 Å². The molecule has 0 fully saturated rings. The maximum absolute atomic E-state index is 2.66. The van der Waals surface area contributed by atoms with Crippen molar-refractivity contribution in [3.05, 3.63) is 0 Å². The second-order valence-corrected chi connectivity index (χ2v) is 6.77. The van der Waals surface area contributed by atoms with Crippen molar-refractivity contribution in [3.8, 4) is 0 Å². The van der Waals surface area contributed by atoms with Crippen LogP contribution in [0.1, 0.15) is 108 Å². The maximum atomic E-state index is 2.66. The first-order valence-corrected chi connectivity index (χ1v) is 10.5. The van der Waals surface area contributed by atoms with Crippen LogP contribution in [-0.2, 0) is 0 Å². The highest BCUT2D eigenvalue weighted by atomic mass is 31.0. The van der Waals surface area contributed by atoms with Gasteiger partial charge in [-0.15, -0.1) is 9.24 Å². The third kappa shape index (κ3) is 44.9. The molecule has 2 unspecified atom stereocenters. The smallest absolute Gasteiger partial charge is 0.0384 e. The summed E-state index contributed by atoms with van der Waals surface area (Å²) in [6.45, 7) is 21.8. The van der Waals surface area contributed by atoms with Crippen molar-refractivity contribution in [1.29, 1.82) is 0 Å². The van der Waals surface area contributed by atoms with Gasteiger partial charge in [-0.2, -0.15) is 0 Å².